The molecule has 0 aliphatic carbocycles. The van der Waals surface area contributed by atoms with Crippen LogP contribution >= 0.6 is 0 Å². The largest absolute Gasteiger partial charge is 0 e. The van der Waals surface area contributed by atoms with Crippen LogP contribution in [-0.2, 0) is 6.61 Å². The molecule has 0 N–H and O–H groups in total. The van der Waals surface area contributed by atoms with Gasteiger partial charge in [-0.2, -0.15) is 0 Å². The van der Waals surface area contributed by atoms with Crippen LogP contribution in [0.25, 0.3) is 0 Å². The van der Waals surface area contributed by atoms with Gasteiger partial charge in [0.2, 0.25) is 0 Å². The summed E-state index contributed by atoms with van der Waals surface area (Å²) >= 11 is 1.46. The molecule has 0 atom stereocenters. The molecule has 0 bridgehead atoms. The van der Waals surface area contributed by atoms with Gasteiger partial charge >= 0.3 is 123 Å². The monoisotopic (exact) mass is 1070 g/mol. The molecule has 0 aliphatic rings. The van der Waals surface area contributed by atoms with Crippen molar-refractivity contribution in [2.75, 3.05) is 0 Å². The fraction of sp³-hybridized carbons (Fsp3) is 0.250. The van der Waals surface area contributed by atoms with E-state index in [1.54, 1.807) is 0 Å². The van der Waals surface area contributed by atoms with Gasteiger partial charge in [-0.15, -0.1) is 0 Å². The maximum Gasteiger partial charge on any atom is 0 e. The number of rotatable bonds is 3. The Labute approximate surface area is 220 Å². The Kier molecular flexibility index (Phi) is 19.0. The molecule has 106 valence electrons. The van der Waals surface area contributed by atoms with E-state index in [1.807, 2.05) is 0 Å². The van der Waals surface area contributed by atoms with Gasteiger partial charge in [-0.1, -0.05) is 0 Å². The van der Waals surface area contributed by atoms with E-state index in [1.165, 1.54) is 48.4 Å². The van der Waals surface area contributed by atoms with E-state index in [0.717, 1.165) is 5.75 Å². The summed E-state index contributed by atoms with van der Waals surface area (Å²) in [5.74, 6) is 1.02. The molecule has 2 aromatic rings. The summed E-state index contributed by atoms with van der Waals surface area (Å²) in [6.07, 6.45) is 0. The van der Waals surface area contributed by atoms with E-state index in [2.05, 4.69) is 57.2 Å². The third kappa shape index (κ3) is 9.09. The maximum absolute atomic E-state index is 5.96. The summed E-state index contributed by atoms with van der Waals surface area (Å²) in [7, 11) is 0. The second kappa shape index (κ2) is 14.4. The fourth-order valence-electron chi connectivity index (χ4n) is 2.15. The van der Waals surface area contributed by atoms with Crippen molar-refractivity contribution in [2.45, 2.75) is 27.4 Å². The Morgan fingerprint density at radius 1 is 0.864 bits per heavy atom. The summed E-state index contributed by atoms with van der Waals surface area (Å²) in [6.45, 7) is 6.97. The Bertz CT molecular complexity index is 539. The molecule has 0 spiro atoms. The third-order valence-corrected chi connectivity index (χ3v) is 3.89. The molecule has 6 heteroatoms. The molecule has 0 saturated heterocycles. The van der Waals surface area contributed by atoms with Gasteiger partial charge in [-0.05, 0) is 0 Å². The molecular weight excluding hydrogens is 1050 g/mol. The predicted molar refractivity (Wildman–Crippen MR) is 82.6 cm³/mol. The van der Waals surface area contributed by atoms with E-state index in [0.29, 0.717) is 6.61 Å². The molecule has 6 radical (unpaired) electrons. The first kappa shape index (κ1) is 29.0. The number of hydrogen-bond donors (Lipinski definition) is 0. The molecule has 22 heavy (non-hydrogen) atoms. The van der Waals surface area contributed by atoms with Crippen LogP contribution in [0.3, 0.4) is 0 Å². The zero-order valence-corrected chi connectivity index (χ0v) is 28.5. The van der Waals surface area contributed by atoms with Crippen molar-refractivity contribution < 1.29 is 98.1 Å². The summed E-state index contributed by atoms with van der Waals surface area (Å²) in [5, 5.41) is 0. The number of ether oxygens (including phenoxy) is 1. The van der Waals surface area contributed by atoms with E-state index in [4.69, 9.17) is 4.74 Å². The first-order chi connectivity index (χ1) is 8.56. The van der Waals surface area contributed by atoms with E-state index in [-0.39, 0.29) is 102 Å². The standard InChI is InChI=1S/C16H17O.B.Sn.3U/c1-12-9-13(2)16(14(3)10-12)17-11-15-7-5-4-6-8-15;;;;;/h5-10H,11H2,1-3H3;;;;;. The first-order valence-electron chi connectivity index (χ1n) is 6.07. The Balaban J connectivity index is -0.000000902. The van der Waals surface area contributed by atoms with Crippen LogP contribution in [0.15, 0.2) is 36.4 Å². The van der Waals surface area contributed by atoms with Crippen molar-refractivity contribution in [3.8, 4) is 5.75 Å². The van der Waals surface area contributed by atoms with Crippen molar-refractivity contribution in [3.63, 3.8) is 0 Å². The smallest absolute Gasteiger partial charge is 0 e. The third-order valence-electron chi connectivity index (χ3n) is 2.94. The van der Waals surface area contributed by atoms with Gasteiger partial charge in [0.25, 0.3) is 0 Å². The van der Waals surface area contributed by atoms with Crippen molar-refractivity contribution in [3.05, 3.63) is 58.7 Å². The van der Waals surface area contributed by atoms with Crippen LogP contribution in [-0.4, -0.2) is 30.9 Å². The Morgan fingerprint density at radius 2 is 1.32 bits per heavy atom. The topological polar surface area (TPSA) is 9.23 Å². The van der Waals surface area contributed by atoms with Gasteiger partial charge in [0.1, 0.15) is 0 Å². The van der Waals surface area contributed by atoms with Crippen molar-refractivity contribution in [1.29, 1.82) is 0 Å². The molecule has 0 amide bonds. The molecule has 2 aromatic carbocycles. The van der Waals surface area contributed by atoms with Gasteiger partial charge in [-0.25, -0.2) is 0 Å². The summed E-state index contributed by atoms with van der Waals surface area (Å²) in [5.41, 5.74) is 4.94. The molecule has 0 heterocycles. The maximum atomic E-state index is 5.96. The molecule has 2 rings (SSSR count). The van der Waals surface area contributed by atoms with Crippen LogP contribution in [0.2, 0.25) is 0 Å². The Morgan fingerprint density at radius 3 is 1.77 bits per heavy atom. The zero-order chi connectivity index (χ0) is 13.1. The Hall–Kier alpha value is 2.26. The van der Waals surface area contributed by atoms with Gasteiger partial charge < -0.3 is 0 Å². The number of hydrogen-bond acceptors (Lipinski definition) is 1. The van der Waals surface area contributed by atoms with Crippen LogP contribution < -0.4 is 8.32 Å². The normalized spacial score (nSPS) is 8.55. The minimum absolute atomic E-state index is 0. The van der Waals surface area contributed by atoms with Crippen LogP contribution in [0.1, 0.15) is 22.3 Å². The second-order valence-corrected chi connectivity index (χ2v) is 6.36. The average molecular weight is 1070 g/mol. The minimum Gasteiger partial charge on any atom is 0 e. The van der Waals surface area contributed by atoms with Gasteiger partial charge in [0, 0.05) is 102 Å². The second-order valence-electron chi connectivity index (χ2n) is 4.71. The molecule has 0 fully saturated rings. The molecule has 0 aliphatic heterocycles. The number of aryl methyl sites for hydroxylation is 3. The quantitative estimate of drug-likeness (QED) is 0.431. The van der Waals surface area contributed by atoms with Gasteiger partial charge in [0.05, 0.1) is 0 Å². The zero-order valence-electron chi connectivity index (χ0n) is 13.2. The van der Waals surface area contributed by atoms with Gasteiger partial charge in [0.15, 0.2) is 0 Å². The van der Waals surface area contributed by atoms with Crippen LogP contribution in [0.4, 0.5) is 0 Å². The minimum atomic E-state index is 0. The van der Waals surface area contributed by atoms with Crippen molar-refractivity contribution in [1.82, 2.24) is 0 Å². The average Bonchev–Trinajstić information content (AvgIpc) is 2.30. The summed E-state index contributed by atoms with van der Waals surface area (Å²) in [6, 6.07) is 12.9. The van der Waals surface area contributed by atoms with Crippen molar-refractivity contribution >= 4 is 34.5 Å². The molecule has 1 nitrogen and oxygen atoms in total. The molecule has 0 aromatic heterocycles. The molecular formula is C16H17BOSnU3. The molecule has 0 saturated carbocycles. The fourth-order valence-corrected chi connectivity index (χ4v) is 2.63. The predicted octanol–water partition coefficient (Wildman–Crippen LogP) is 2.60. The summed E-state index contributed by atoms with van der Waals surface area (Å²) in [4.78, 5) is 0. The molecule has 0 unspecified atom stereocenters. The van der Waals surface area contributed by atoms with E-state index >= 15 is 0 Å². The van der Waals surface area contributed by atoms with E-state index < -0.39 is 0 Å². The van der Waals surface area contributed by atoms with Crippen LogP contribution in [0, 0.1) is 114 Å². The summed E-state index contributed by atoms with van der Waals surface area (Å²) < 4.78 is 7.32. The van der Waals surface area contributed by atoms with Crippen LogP contribution in [0.5, 0.6) is 5.75 Å². The van der Waals surface area contributed by atoms with Gasteiger partial charge in [-0.3, -0.25) is 0 Å². The first-order valence-corrected chi connectivity index (χ1v) is 7.50. The number of benzene rings is 2. The van der Waals surface area contributed by atoms with Crippen molar-refractivity contribution in [2.24, 2.45) is 0 Å². The SMILES string of the molecule is Cc1cc(C)c(OCc2cc[c]([Sn])cc2)c(C)c1.[B].[U].[U].[U]. The van der Waals surface area contributed by atoms with E-state index in [9.17, 15) is 0 Å².